The monoisotopic (exact) mass is 277 g/mol. The highest BCUT2D eigenvalue weighted by Gasteiger charge is 2.61. The van der Waals surface area contributed by atoms with E-state index < -0.39 is 0 Å². The van der Waals surface area contributed by atoms with Crippen molar-refractivity contribution in [1.29, 1.82) is 0 Å². The van der Waals surface area contributed by atoms with Crippen LogP contribution < -0.4 is 5.32 Å². The lowest BCUT2D eigenvalue weighted by Crippen LogP contribution is -2.51. The molecular formula is C16H27N3O. The molecule has 112 valence electrons. The van der Waals surface area contributed by atoms with Crippen molar-refractivity contribution in [1.82, 2.24) is 15.1 Å². The summed E-state index contributed by atoms with van der Waals surface area (Å²) < 4.78 is 0. The first kappa shape index (κ1) is 13.1. The van der Waals surface area contributed by atoms with Crippen molar-refractivity contribution >= 4 is 5.91 Å². The predicted molar refractivity (Wildman–Crippen MR) is 78.3 cm³/mol. The molecule has 3 saturated heterocycles. The van der Waals surface area contributed by atoms with Gasteiger partial charge in [0.1, 0.15) is 0 Å². The number of hydrogen-bond acceptors (Lipinski definition) is 3. The molecule has 4 fully saturated rings. The van der Waals surface area contributed by atoms with Crippen molar-refractivity contribution in [3.63, 3.8) is 0 Å². The Hall–Kier alpha value is -0.610. The number of carbonyl (C=O) groups is 1. The van der Waals surface area contributed by atoms with Crippen LogP contribution in [0.3, 0.4) is 0 Å². The number of nitrogens with zero attached hydrogens (tertiary/aromatic N) is 2. The quantitative estimate of drug-likeness (QED) is 0.853. The van der Waals surface area contributed by atoms with E-state index in [4.69, 9.17) is 0 Å². The average molecular weight is 277 g/mol. The molecule has 0 radical (unpaired) electrons. The maximum absolute atomic E-state index is 12.9. The van der Waals surface area contributed by atoms with Crippen LogP contribution >= 0.6 is 0 Å². The number of piperidine rings is 1. The fraction of sp³-hybridized carbons (Fsp3) is 0.938. The lowest BCUT2D eigenvalue weighted by Gasteiger charge is -2.38. The second-order valence-corrected chi connectivity index (χ2v) is 7.20. The molecule has 3 unspecified atom stereocenters. The standard InChI is InChI=1S/C16H27N3O/c1-2-5-14-17-16(8-9-16)15(20)19(14)13-7-11-18-10-4-3-6-12(13)18/h12-14,17H,2-11H2,1H3. The van der Waals surface area contributed by atoms with Crippen LogP contribution in [-0.4, -0.2) is 52.6 Å². The molecule has 1 N–H and O–H groups in total. The van der Waals surface area contributed by atoms with Gasteiger partial charge in [0.15, 0.2) is 0 Å². The Morgan fingerprint density at radius 3 is 2.80 bits per heavy atom. The van der Waals surface area contributed by atoms with Gasteiger partial charge in [-0.05, 0) is 45.1 Å². The Kier molecular flexibility index (Phi) is 3.08. The fourth-order valence-electron chi connectivity index (χ4n) is 4.73. The van der Waals surface area contributed by atoms with Crippen molar-refractivity contribution in [2.24, 2.45) is 0 Å². The highest BCUT2D eigenvalue weighted by Crippen LogP contribution is 2.45. The maximum atomic E-state index is 12.9. The molecule has 3 heterocycles. The van der Waals surface area contributed by atoms with E-state index in [2.05, 4.69) is 22.0 Å². The van der Waals surface area contributed by atoms with Crippen LogP contribution in [0.5, 0.6) is 0 Å². The highest BCUT2D eigenvalue weighted by molar-refractivity contribution is 5.92. The molecule has 1 saturated carbocycles. The molecule has 1 aliphatic carbocycles. The Morgan fingerprint density at radius 1 is 1.20 bits per heavy atom. The van der Waals surface area contributed by atoms with Gasteiger partial charge in [0, 0.05) is 12.6 Å². The molecule has 3 aliphatic heterocycles. The van der Waals surface area contributed by atoms with Crippen molar-refractivity contribution in [2.45, 2.75) is 82.1 Å². The summed E-state index contributed by atoms with van der Waals surface area (Å²) in [6.45, 7) is 4.68. The molecule has 1 spiro atoms. The molecule has 4 aliphatic rings. The smallest absolute Gasteiger partial charge is 0.244 e. The minimum absolute atomic E-state index is 0.137. The summed E-state index contributed by atoms with van der Waals surface area (Å²) in [4.78, 5) is 17.8. The minimum Gasteiger partial charge on any atom is -0.321 e. The Bertz CT molecular complexity index is 407. The summed E-state index contributed by atoms with van der Waals surface area (Å²) in [5.74, 6) is 0.424. The van der Waals surface area contributed by atoms with Crippen LogP contribution in [0.1, 0.15) is 58.3 Å². The molecule has 0 aromatic rings. The molecule has 4 heteroatoms. The van der Waals surface area contributed by atoms with Crippen LogP contribution in [0.15, 0.2) is 0 Å². The largest absolute Gasteiger partial charge is 0.321 e. The normalized spacial score (nSPS) is 39.5. The average Bonchev–Trinajstić information content (AvgIpc) is 3.04. The molecular weight excluding hydrogens is 250 g/mol. The third-order valence-electron chi connectivity index (χ3n) is 5.91. The van der Waals surface area contributed by atoms with Gasteiger partial charge >= 0.3 is 0 Å². The van der Waals surface area contributed by atoms with Crippen LogP contribution in [0.25, 0.3) is 0 Å². The molecule has 0 aromatic carbocycles. The third-order valence-corrected chi connectivity index (χ3v) is 5.91. The number of hydrogen-bond donors (Lipinski definition) is 1. The second kappa shape index (κ2) is 4.70. The second-order valence-electron chi connectivity index (χ2n) is 7.20. The number of rotatable bonds is 3. The van der Waals surface area contributed by atoms with Crippen molar-refractivity contribution in [3.05, 3.63) is 0 Å². The zero-order valence-electron chi connectivity index (χ0n) is 12.6. The molecule has 3 atom stereocenters. The van der Waals surface area contributed by atoms with Crippen LogP contribution in [0, 0.1) is 0 Å². The van der Waals surface area contributed by atoms with Gasteiger partial charge in [-0.25, -0.2) is 0 Å². The first-order chi connectivity index (χ1) is 9.75. The number of amides is 1. The summed E-state index contributed by atoms with van der Waals surface area (Å²) in [7, 11) is 0. The van der Waals surface area contributed by atoms with Crippen molar-refractivity contribution < 1.29 is 4.79 Å². The first-order valence-corrected chi connectivity index (χ1v) is 8.60. The van der Waals surface area contributed by atoms with E-state index in [0.29, 0.717) is 24.2 Å². The van der Waals surface area contributed by atoms with E-state index in [1.807, 2.05) is 0 Å². The Balaban J connectivity index is 1.57. The van der Waals surface area contributed by atoms with Gasteiger partial charge in [0.25, 0.3) is 0 Å². The van der Waals surface area contributed by atoms with Gasteiger partial charge in [-0.1, -0.05) is 19.8 Å². The SMILES string of the molecule is CCCC1NC2(CC2)C(=O)N1C1CCN2CCCCC12. The van der Waals surface area contributed by atoms with E-state index in [0.717, 1.165) is 25.7 Å². The minimum atomic E-state index is -0.137. The molecule has 4 rings (SSSR count). The summed E-state index contributed by atoms with van der Waals surface area (Å²) in [5.41, 5.74) is -0.137. The fourth-order valence-corrected chi connectivity index (χ4v) is 4.73. The number of carbonyl (C=O) groups excluding carboxylic acids is 1. The van der Waals surface area contributed by atoms with Crippen LogP contribution in [0.2, 0.25) is 0 Å². The summed E-state index contributed by atoms with van der Waals surface area (Å²) in [5, 5.41) is 3.67. The third kappa shape index (κ3) is 1.84. The Labute approximate surface area is 121 Å². The summed E-state index contributed by atoms with van der Waals surface area (Å²) >= 11 is 0. The number of nitrogens with one attached hydrogen (secondary N) is 1. The Morgan fingerprint density at radius 2 is 2.05 bits per heavy atom. The van der Waals surface area contributed by atoms with E-state index in [9.17, 15) is 4.79 Å². The summed E-state index contributed by atoms with van der Waals surface area (Å²) in [6.07, 6.45) is 9.85. The van der Waals surface area contributed by atoms with Gasteiger partial charge < -0.3 is 4.90 Å². The van der Waals surface area contributed by atoms with Gasteiger partial charge in [-0.2, -0.15) is 0 Å². The van der Waals surface area contributed by atoms with Crippen molar-refractivity contribution in [2.75, 3.05) is 13.1 Å². The van der Waals surface area contributed by atoms with E-state index in [-0.39, 0.29) is 5.54 Å². The summed E-state index contributed by atoms with van der Waals surface area (Å²) in [6, 6.07) is 1.12. The van der Waals surface area contributed by atoms with Crippen LogP contribution in [-0.2, 0) is 4.79 Å². The zero-order chi connectivity index (χ0) is 13.7. The first-order valence-electron chi connectivity index (χ1n) is 8.60. The van der Waals surface area contributed by atoms with E-state index in [1.54, 1.807) is 0 Å². The zero-order valence-corrected chi connectivity index (χ0v) is 12.6. The lowest BCUT2D eigenvalue weighted by molar-refractivity contribution is -0.133. The number of fused-ring (bicyclic) bond motifs is 1. The van der Waals surface area contributed by atoms with Gasteiger partial charge in [-0.15, -0.1) is 0 Å². The molecule has 0 bridgehead atoms. The maximum Gasteiger partial charge on any atom is 0.244 e. The molecule has 0 aromatic heterocycles. The highest BCUT2D eigenvalue weighted by atomic mass is 16.2. The molecule has 4 nitrogen and oxygen atoms in total. The van der Waals surface area contributed by atoms with E-state index in [1.165, 1.54) is 38.8 Å². The van der Waals surface area contributed by atoms with Gasteiger partial charge in [-0.3, -0.25) is 15.0 Å². The van der Waals surface area contributed by atoms with Gasteiger partial charge in [0.2, 0.25) is 5.91 Å². The topological polar surface area (TPSA) is 35.6 Å². The van der Waals surface area contributed by atoms with Crippen molar-refractivity contribution in [3.8, 4) is 0 Å². The molecule has 1 amide bonds. The van der Waals surface area contributed by atoms with E-state index >= 15 is 0 Å². The van der Waals surface area contributed by atoms with Gasteiger partial charge in [0.05, 0.1) is 17.7 Å². The molecule has 20 heavy (non-hydrogen) atoms. The predicted octanol–water partition coefficient (Wildman–Crippen LogP) is 1.70. The van der Waals surface area contributed by atoms with Crippen LogP contribution in [0.4, 0.5) is 0 Å². The lowest BCUT2D eigenvalue weighted by atomic mass is 9.97.